The highest BCUT2D eigenvalue weighted by atomic mass is 16.3. The Morgan fingerprint density at radius 1 is 1.31 bits per heavy atom. The van der Waals surface area contributed by atoms with Crippen LogP contribution in [0.5, 0.6) is 0 Å². The lowest BCUT2D eigenvalue weighted by atomic mass is 9.48. The molecular formula is C14H24O2. The molecule has 16 heavy (non-hydrogen) atoms. The first-order chi connectivity index (χ1) is 7.42. The zero-order chi connectivity index (χ0) is 12.0. The number of carbonyl (C=O) groups is 1. The van der Waals surface area contributed by atoms with E-state index in [1.165, 1.54) is 12.8 Å². The number of Topliss-reactive ketones (excluding diaryl/α,β-unsaturated/α-hetero) is 1. The van der Waals surface area contributed by atoms with Crippen LogP contribution < -0.4 is 0 Å². The Morgan fingerprint density at radius 3 is 2.62 bits per heavy atom. The third kappa shape index (κ3) is 1.62. The number of hydrogen-bond donors (Lipinski definition) is 1. The zero-order valence-electron chi connectivity index (χ0n) is 10.8. The van der Waals surface area contributed by atoms with E-state index in [1.807, 2.05) is 0 Å². The monoisotopic (exact) mass is 224 g/mol. The van der Waals surface area contributed by atoms with E-state index >= 15 is 0 Å². The second-order valence-corrected chi connectivity index (χ2v) is 6.64. The fourth-order valence-corrected chi connectivity index (χ4v) is 4.44. The molecule has 0 aromatic rings. The maximum atomic E-state index is 11.9. The third-order valence-corrected chi connectivity index (χ3v) is 5.32. The summed E-state index contributed by atoms with van der Waals surface area (Å²) in [6, 6.07) is 0. The van der Waals surface area contributed by atoms with Gasteiger partial charge in [0.15, 0.2) is 0 Å². The predicted octanol–water partition coefficient (Wildman–Crippen LogP) is 2.79. The number of aliphatic hydroxyl groups is 1. The second-order valence-electron chi connectivity index (χ2n) is 6.64. The highest BCUT2D eigenvalue weighted by Crippen LogP contribution is 2.58. The number of ketones is 1. The fraction of sp³-hybridized carbons (Fsp3) is 0.929. The first kappa shape index (κ1) is 12.1. The van der Waals surface area contributed by atoms with Gasteiger partial charge in [0, 0.05) is 12.3 Å². The van der Waals surface area contributed by atoms with Crippen LogP contribution in [0.1, 0.15) is 52.9 Å². The lowest BCUT2D eigenvalue weighted by molar-refractivity contribution is -0.146. The number of rotatable bonds is 1. The molecule has 2 fully saturated rings. The second kappa shape index (κ2) is 3.83. The molecule has 1 N–H and O–H groups in total. The molecule has 0 saturated heterocycles. The van der Waals surface area contributed by atoms with E-state index in [9.17, 15) is 9.90 Å². The van der Waals surface area contributed by atoms with Gasteiger partial charge in [-0.05, 0) is 36.0 Å². The maximum absolute atomic E-state index is 11.9. The Hall–Kier alpha value is -0.370. The summed E-state index contributed by atoms with van der Waals surface area (Å²) >= 11 is 0. The van der Waals surface area contributed by atoms with Gasteiger partial charge in [-0.3, -0.25) is 4.79 Å². The van der Waals surface area contributed by atoms with Gasteiger partial charge in [-0.2, -0.15) is 0 Å². The van der Waals surface area contributed by atoms with Crippen molar-refractivity contribution < 1.29 is 9.90 Å². The Bertz CT molecular complexity index is 295. The average Bonchev–Trinajstić information content (AvgIpc) is 2.15. The molecule has 0 aromatic heterocycles. The van der Waals surface area contributed by atoms with Crippen LogP contribution in [0.25, 0.3) is 0 Å². The molecule has 0 bridgehead atoms. The predicted molar refractivity (Wildman–Crippen MR) is 64.0 cm³/mol. The molecule has 0 heterocycles. The minimum Gasteiger partial charge on any atom is -0.396 e. The summed E-state index contributed by atoms with van der Waals surface area (Å²) in [4.78, 5) is 11.9. The molecule has 2 aliphatic rings. The summed E-state index contributed by atoms with van der Waals surface area (Å²) in [5.41, 5.74) is 0.382. The molecule has 0 aromatic carbocycles. The van der Waals surface area contributed by atoms with E-state index in [0.717, 1.165) is 12.8 Å². The summed E-state index contributed by atoms with van der Waals surface area (Å²) in [7, 11) is 0. The number of fused-ring (bicyclic) bond motifs is 1. The van der Waals surface area contributed by atoms with Crippen LogP contribution in [0, 0.1) is 22.7 Å². The smallest absolute Gasteiger partial charge is 0.138 e. The minimum absolute atomic E-state index is 0.0436. The molecule has 3 atom stereocenters. The third-order valence-electron chi connectivity index (χ3n) is 5.32. The zero-order valence-corrected chi connectivity index (χ0v) is 10.8. The average molecular weight is 224 g/mol. The Labute approximate surface area is 98.4 Å². The Balaban J connectivity index is 2.34. The van der Waals surface area contributed by atoms with Gasteiger partial charge < -0.3 is 5.11 Å². The molecule has 2 aliphatic carbocycles. The van der Waals surface area contributed by atoms with Crippen LogP contribution in [0.15, 0.2) is 0 Å². The van der Waals surface area contributed by atoms with E-state index in [0.29, 0.717) is 23.5 Å². The van der Waals surface area contributed by atoms with E-state index in [4.69, 9.17) is 0 Å². The summed E-state index contributed by atoms with van der Waals surface area (Å²) in [6.07, 6.45) is 5.27. The molecule has 0 radical (unpaired) electrons. The van der Waals surface area contributed by atoms with Crippen molar-refractivity contribution in [3.63, 3.8) is 0 Å². The van der Waals surface area contributed by atoms with Crippen molar-refractivity contribution in [3.8, 4) is 0 Å². The lowest BCUT2D eigenvalue weighted by Gasteiger charge is -2.56. The van der Waals surface area contributed by atoms with Gasteiger partial charge >= 0.3 is 0 Å². The summed E-state index contributed by atoms with van der Waals surface area (Å²) < 4.78 is 0. The van der Waals surface area contributed by atoms with Crippen molar-refractivity contribution in [1.29, 1.82) is 0 Å². The summed E-state index contributed by atoms with van der Waals surface area (Å²) in [5.74, 6) is 0.786. The molecule has 0 aliphatic heterocycles. The van der Waals surface area contributed by atoms with Crippen molar-refractivity contribution in [2.45, 2.75) is 52.9 Å². The van der Waals surface area contributed by atoms with Crippen LogP contribution in [0.3, 0.4) is 0 Å². The lowest BCUT2D eigenvalue weighted by Crippen LogP contribution is -2.52. The van der Waals surface area contributed by atoms with Crippen molar-refractivity contribution in [2.75, 3.05) is 6.61 Å². The fourth-order valence-electron chi connectivity index (χ4n) is 4.44. The molecule has 2 nitrogen and oxygen atoms in total. The molecule has 0 amide bonds. The number of aliphatic hydroxyl groups excluding tert-OH is 1. The van der Waals surface area contributed by atoms with Gasteiger partial charge in [0.2, 0.25) is 0 Å². The van der Waals surface area contributed by atoms with Crippen molar-refractivity contribution >= 4 is 5.78 Å². The number of carbonyl (C=O) groups excluding carboxylic acids is 1. The van der Waals surface area contributed by atoms with E-state index in [-0.39, 0.29) is 17.9 Å². The van der Waals surface area contributed by atoms with Crippen molar-refractivity contribution in [1.82, 2.24) is 0 Å². The topological polar surface area (TPSA) is 37.3 Å². The van der Waals surface area contributed by atoms with Crippen LogP contribution in [-0.4, -0.2) is 17.5 Å². The quantitative estimate of drug-likeness (QED) is 0.743. The van der Waals surface area contributed by atoms with Crippen molar-refractivity contribution in [3.05, 3.63) is 0 Å². The normalized spacial score (nSPS) is 42.9. The molecular weight excluding hydrogens is 200 g/mol. The van der Waals surface area contributed by atoms with Crippen LogP contribution in [-0.2, 0) is 4.79 Å². The van der Waals surface area contributed by atoms with Gasteiger partial charge in [0.25, 0.3) is 0 Å². The summed E-state index contributed by atoms with van der Waals surface area (Å²) in [5, 5.41) is 9.51. The minimum atomic E-state index is -0.106. The van der Waals surface area contributed by atoms with Crippen LogP contribution in [0.4, 0.5) is 0 Å². The van der Waals surface area contributed by atoms with E-state index in [2.05, 4.69) is 20.8 Å². The molecule has 2 saturated carbocycles. The standard InChI is InChI=1S/C14H24O2/c1-13(2)7-4-8-14(3)10(9-15)11(16)5-6-12(13)14/h10,12,15H,4-9H2,1-3H3/t10?,12-,14?/m0/s1. The Kier molecular flexibility index (Phi) is 2.90. The van der Waals surface area contributed by atoms with Gasteiger partial charge in [-0.25, -0.2) is 0 Å². The van der Waals surface area contributed by atoms with Gasteiger partial charge in [0.1, 0.15) is 5.78 Å². The Morgan fingerprint density at radius 2 is 2.00 bits per heavy atom. The molecule has 0 spiro atoms. The van der Waals surface area contributed by atoms with E-state index in [1.54, 1.807) is 0 Å². The molecule has 2 unspecified atom stereocenters. The summed E-state index contributed by atoms with van der Waals surface area (Å²) in [6.45, 7) is 6.94. The SMILES string of the molecule is CC1(C)CCCC2(C)C(CO)C(=O)CC[C@@H]12. The van der Waals surface area contributed by atoms with Gasteiger partial charge in [-0.1, -0.05) is 27.2 Å². The van der Waals surface area contributed by atoms with E-state index < -0.39 is 0 Å². The first-order valence-electron chi connectivity index (χ1n) is 6.55. The first-order valence-corrected chi connectivity index (χ1v) is 6.55. The maximum Gasteiger partial charge on any atom is 0.138 e. The van der Waals surface area contributed by atoms with Crippen LogP contribution in [0.2, 0.25) is 0 Å². The number of hydrogen-bond acceptors (Lipinski definition) is 2. The van der Waals surface area contributed by atoms with Crippen molar-refractivity contribution in [2.24, 2.45) is 22.7 Å². The largest absolute Gasteiger partial charge is 0.396 e. The highest BCUT2D eigenvalue weighted by molar-refractivity contribution is 5.83. The van der Waals surface area contributed by atoms with Gasteiger partial charge in [-0.15, -0.1) is 0 Å². The molecule has 2 rings (SSSR count). The highest BCUT2D eigenvalue weighted by Gasteiger charge is 2.54. The van der Waals surface area contributed by atoms with Crippen LogP contribution >= 0.6 is 0 Å². The van der Waals surface area contributed by atoms with Gasteiger partial charge in [0.05, 0.1) is 6.61 Å². The molecule has 2 heteroatoms. The molecule has 92 valence electrons.